The van der Waals surface area contributed by atoms with E-state index >= 15 is 0 Å². The molecule has 1 heterocycles. The summed E-state index contributed by atoms with van der Waals surface area (Å²) in [7, 11) is 0. The number of nitrogens with two attached hydrogens (primary N) is 1. The maximum Gasteiger partial charge on any atom is 0.119 e. The van der Waals surface area contributed by atoms with Crippen molar-refractivity contribution in [1.29, 1.82) is 0 Å². The molecular weight excluding hydrogens is 276 g/mol. The summed E-state index contributed by atoms with van der Waals surface area (Å²) in [5, 5.41) is 8.10. The molecule has 2 aromatic carbocycles. The number of ether oxygens (including phenoxy) is 1. The molecule has 0 saturated carbocycles. The van der Waals surface area contributed by atoms with E-state index in [1.807, 2.05) is 60.1 Å². The molecule has 0 radical (unpaired) electrons. The number of nitrogen functional groups attached to an aromatic ring is 1. The maximum atomic E-state index is 5.83. The normalized spacial score (nSPS) is 10.6. The van der Waals surface area contributed by atoms with Gasteiger partial charge in [0.1, 0.15) is 12.4 Å². The number of hydrogen-bond donors (Lipinski definition) is 1. The molecule has 2 N–H and O–H groups in total. The second kappa shape index (κ2) is 6.30. The van der Waals surface area contributed by atoms with Crippen LogP contribution in [0.3, 0.4) is 0 Å². The van der Waals surface area contributed by atoms with Crippen molar-refractivity contribution in [3.05, 3.63) is 60.3 Å². The zero-order valence-corrected chi connectivity index (χ0v) is 12.4. The van der Waals surface area contributed by atoms with Gasteiger partial charge in [-0.1, -0.05) is 29.5 Å². The van der Waals surface area contributed by atoms with Gasteiger partial charge in [0, 0.05) is 11.3 Å². The molecule has 3 aromatic rings. The highest BCUT2D eigenvalue weighted by Gasteiger charge is 2.07. The van der Waals surface area contributed by atoms with Crippen LogP contribution in [0.2, 0.25) is 0 Å². The number of hydrogen-bond acceptors (Lipinski definition) is 4. The predicted molar refractivity (Wildman–Crippen MR) is 86.5 cm³/mol. The van der Waals surface area contributed by atoms with Gasteiger partial charge in [0.25, 0.3) is 0 Å². The Morgan fingerprint density at radius 3 is 2.82 bits per heavy atom. The Labute approximate surface area is 129 Å². The van der Waals surface area contributed by atoms with Crippen molar-refractivity contribution in [2.24, 2.45) is 0 Å². The van der Waals surface area contributed by atoms with Gasteiger partial charge in [-0.05, 0) is 36.8 Å². The van der Waals surface area contributed by atoms with E-state index < -0.39 is 0 Å². The van der Waals surface area contributed by atoms with Crippen LogP contribution in [0.25, 0.3) is 11.3 Å². The zero-order valence-electron chi connectivity index (χ0n) is 12.4. The highest BCUT2D eigenvalue weighted by Crippen LogP contribution is 2.20. The average molecular weight is 294 g/mol. The van der Waals surface area contributed by atoms with Crippen LogP contribution in [0.15, 0.2) is 54.7 Å². The quantitative estimate of drug-likeness (QED) is 0.735. The Balaban J connectivity index is 1.68. The van der Waals surface area contributed by atoms with Crippen molar-refractivity contribution in [3.8, 4) is 17.0 Å². The highest BCUT2D eigenvalue weighted by molar-refractivity contribution is 5.63. The van der Waals surface area contributed by atoms with Crippen LogP contribution in [-0.4, -0.2) is 21.6 Å². The summed E-state index contributed by atoms with van der Waals surface area (Å²) >= 11 is 0. The summed E-state index contributed by atoms with van der Waals surface area (Å²) in [6, 6.07) is 15.7. The van der Waals surface area contributed by atoms with Crippen molar-refractivity contribution in [2.45, 2.75) is 13.5 Å². The standard InChI is InChI=1S/C17H18N4O/c1-13-4-2-7-16(10-13)22-9-8-21-17(12-19-20-21)14-5-3-6-15(18)11-14/h2-7,10-12H,8-9,18H2,1H3. The third kappa shape index (κ3) is 3.25. The summed E-state index contributed by atoms with van der Waals surface area (Å²) in [6.07, 6.45) is 1.74. The van der Waals surface area contributed by atoms with Gasteiger partial charge >= 0.3 is 0 Å². The van der Waals surface area contributed by atoms with E-state index in [1.165, 1.54) is 5.56 Å². The fourth-order valence-corrected chi connectivity index (χ4v) is 2.30. The van der Waals surface area contributed by atoms with Crippen LogP contribution in [0.4, 0.5) is 5.69 Å². The maximum absolute atomic E-state index is 5.83. The Bertz CT molecular complexity index is 767. The molecule has 5 nitrogen and oxygen atoms in total. The molecule has 0 amide bonds. The molecule has 0 unspecified atom stereocenters. The Kier molecular flexibility index (Phi) is 4.05. The van der Waals surface area contributed by atoms with E-state index in [2.05, 4.69) is 10.3 Å². The van der Waals surface area contributed by atoms with Crippen LogP contribution < -0.4 is 10.5 Å². The van der Waals surface area contributed by atoms with Crippen LogP contribution in [0.5, 0.6) is 5.75 Å². The summed E-state index contributed by atoms with van der Waals surface area (Å²) in [4.78, 5) is 0. The monoisotopic (exact) mass is 294 g/mol. The van der Waals surface area contributed by atoms with Gasteiger partial charge in [0.15, 0.2) is 0 Å². The Morgan fingerprint density at radius 1 is 1.14 bits per heavy atom. The van der Waals surface area contributed by atoms with Gasteiger partial charge in [-0.3, -0.25) is 0 Å². The largest absolute Gasteiger partial charge is 0.492 e. The van der Waals surface area contributed by atoms with Gasteiger partial charge in [0.05, 0.1) is 18.4 Å². The van der Waals surface area contributed by atoms with E-state index in [0.29, 0.717) is 13.2 Å². The lowest BCUT2D eigenvalue weighted by Crippen LogP contribution is -2.11. The Morgan fingerprint density at radius 2 is 2.00 bits per heavy atom. The average Bonchev–Trinajstić information content (AvgIpc) is 2.96. The summed E-state index contributed by atoms with van der Waals surface area (Å²) in [6.45, 7) is 3.20. The second-order valence-electron chi connectivity index (χ2n) is 5.13. The molecule has 0 bridgehead atoms. The SMILES string of the molecule is Cc1cccc(OCCn2nncc2-c2cccc(N)c2)c1. The zero-order chi connectivity index (χ0) is 15.4. The molecular formula is C17H18N4O. The number of aryl methyl sites for hydroxylation is 1. The van der Waals surface area contributed by atoms with E-state index in [1.54, 1.807) is 6.20 Å². The van der Waals surface area contributed by atoms with Gasteiger partial charge in [-0.2, -0.15) is 0 Å². The summed E-state index contributed by atoms with van der Waals surface area (Å²) in [5.41, 5.74) is 9.66. The van der Waals surface area contributed by atoms with Gasteiger partial charge < -0.3 is 10.5 Å². The molecule has 0 aliphatic heterocycles. The smallest absolute Gasteiger partial charge is 0.119 e. The summed E-state index contributed by atoms with van der Waals surface area (Å²) in [5.74, 6) is 0.866. The Hall–Kier alpha value is -2.82. The minimum Gasteiger partial charge on any atom is -0.492 e. The van der Waals surface area contributed by atoms with Gasteiger partial charge in [-0.15, -0.1) is 5.10 Å². The minimum atomic E-state index is 0.530. The number of nitrogens with zero attached hydrogens (tertiary/aromatic N) is 3. The van der Waals surface area contributed by atoms with Crippen LogP contribution in [0.1, 0.15) is 5.56 Å². The molecule has 0 aliphatic rings. The molecule has 22 heavy (non-hydrogen) atoms. The van der Waals surface area contributed by atoms with Crippen molar-refractivity contribution in [3.63, 3.8) is 0 Å². The first kappa shape index (κ1) is 14.1. The van der Waals surface area contributed by atoms with Crippen molar-refractivity contribution >= 4 is 5.69 Å². The van der Waals surface area contributed by atoms with Crippen molar-refractivity contribution < 1.29 is 4.74 Å². The number of rotatable bonds is 5. The third-order valence-corrected chi connectivity index (χ3v) is 3.36. The van der Waals surface area contributed by atoms with E-state index in [-0.39, 0.29) is 0 Å². The first-order valence-electron chi connectivity index (χ1n) is 7.16. The lowest BCUT2D eigenvalue weighted by Gasteiger charge is -2.09. The van der Waals surface area contributed by atoms with Crippen molar-refractivity contribution in [2.75, 3.05) is 12.3 Å². The van der Waals surface area contributed by atoms with Crippen LogP contribution >= 0.6 is 0 Å². The molecule has 0 atom stereocenters. The molecule has 0 aliphatic carbocycles. The highest BCUT2D eigenvalue weighted by atomic mass is 16.5. The first-order valence-corrected chi connectivity index (χ1v) is 7.16. The predicted octanol–water partition coefficient (Wildman–Crippen LogP) is 2.91. The molecule has 3 rings (SSSR count). The van der Waals surface area contributed by atoms with E-state index in [0.717, 1.165) is 22.7 Å². The molecule has 0 spiro atoms. The molecule has 5 heteroatoms. The van der Waals surface area contributed by atoms with Crippen LogP contribution in [0, 0.1) is 6.92 Å². The second-order valence-corrected chi connectivity index (χ2v) is 5.13. The first-order chi connectivity index (χ1) is 10.7. The topological polar surface area (TPSA) is 66.0 Å². The van der Waals surface area contributed by atoms with Crippen molar-refractivity contribution in [1.82, 2.24) is 15.0 Å². The number of aromatic nitrogens is 3. The fraction of sp³-hybridized carbons (Fsp3) is 0.176. The van der Waals surface area contributed by atoms with E-state index in [9.17, 15) is 0 Å². The lowest BCUT2D eigenvalue weighted by molar-refractivity contribution is 0.290. The number of benzene rings is 2. The fourth-order valence-electron chi connectivity index (χ4n) is 2.30. The summed E-state index contributed by atoms with van der Waals surface area (Å²) < 4.78 is 7.59. The third-order valence-electron chi connectivity index (χ3n) is 3.36. The lowest BCUT2D eigenvalue weighted by atomic mass is 10.1. The molecule has 1 aromatic heterocycles. The van der Waals surface area contributed by atoms with E-state index in [4.69, 9.17) is 10.5 Å². The van der Waals surface area contributed by atoms with Gasteiger partial charge in [-0.25, -0.2) is 4.68 Å². The molecule has 0 saturated heterocycles. The van der Waals surface area contributed by atoms with Gasteiger partial charge in [0.2, 0.25) is 0 Å². The number of anilines is 1. The molecule has 0 fully saturated rings. The molecule has 112 valence electrons. The van der Waals surface area contributed by atoms with Crippen LogP contribution in [-0.2, 0) is 6.54 Å². The minimum absolute atomic E-state index is 0.530.